The molecule has 0 aromatic carbocycles. The van der Waals surface area contributed by atoms with Crippen LogP contribution in [0.25, 0.3) is 0 Å². The number of hydrogen-bond donors (Lipinski definition) is 2. The smallest absolute Gasteiger partial charge is 0.0726 e. The highest BCUT2D eigenvalue weighted by atomic mass is 15.3. The summed E-state index contributed by atoms with van der Waals surface area (Å²) in [7, 11) is 1.91. The molecule has 0 aliphatic carbocycles. The first-order valence-corrected chi connectivity index (χ1v) is 4.25. The van der Waals surface area contributed by atoms with Crippen LogP contribution in [0.15, 0.2) is 12.4 Å². The minimum atomic E-state index is 0.773. The molecule has 0 fully saturated rings. The van der Waals surface area contributed by atoms with Crippen molar-refractivity contribution in [1.29, 1.82) is 0 Å². The van der Waals surface area contributed by atoms with Crippen molar-refractivity contribution in [2.45, 2.75) is 12.8 Å². The molecule has 1 rings (SSSR count). The molecule has 0 amide bonds. The van der Waals surface area contributed by atoms with E-state index in [1.807, 2.05) is 19.4 Å². The molecule has 1 heterocycles. The van der Waals surface area contributed by atoms with Gasteiger partial charge in [0.15, 0.2) is 0 Å². The van der Waals surface area contributed by atoms with E-state index in [9.17, 15) is 0 Å². The maximum atomic E-state index is 5.37. The summed E-state index contributed by atoms with van der Waals surface area (Å²) in [5.74, 6) is 0. The van der Waals surface area contributed by atoms with Crippen molar-refractivity contribution in [1.82, 2.24) is 9.78 Å². The predicted molar refractivity (Wildman–Crippen MR) is 50.0 cm³/mol. The number of nitrogens with two attached hydrogens (primary N) is 1. The van der Waals surface area contributed by atoms with E-state index in [0.717, 1.165) is 31.6 Å². The van der Waals surface area contributed by atoms with Crippen LogP contribution in [0, 0.1) is 0 Å². The summed E-state index contributed by atoms with van der Waals surface area (Å²) in [5, 5.41) is 7.31. The van der Waals surface area contributed by atoms with E-state index < -0.39 is 0 Å². The summed E-state index contributed by atoms with van der Waals surface area (Å²) in [6.45, 7) is 1.75. The maximum absolute atomic E-state index is 5.37. The molecule has 1 aromatic rings. The molecule has 0 saturated heterocycles. The Morgan fingerprint density at radius 1 is 1.58 bits per heavy atom. The predicted octanol–water partition coefficient (Wildman–Crippen LogP) is 0.571. The van der Waals surface area contributed by atoms with Crippen LogP contribution >= 0.6 is 0 Å². The number of aromatic nitrogens is 2. The molecule has 0 atom stereocenters. The first kappa shape index (κ1) is 9.06. The Morgan fingerprint density at radius 3 is 3.00 bits per heavy atom. The van der Waals surface area contributed by atoms with Gasteiger partial charge in [-0.15, -0.1) is 0 Å². The highest BCUT2D eigenvalue weighted by Crippen LogP contribution is 2.02. The minimum absolute atomic E-state index is 0.773. The highest BCUT2D eigenvalue weighted by Gasteiger charge is 1.92. The van der Waals surface area contributed by atoms with E-state index in [-0.39, 0.29) is 0 Å². The average molecular weight is 168 g/mol. The zero-order chi connectivity index (χ0) is 8.81. The lowest BCUT2D eigenvalue weighted by atomic mass is 10.3. The van der Waals surface area contributed by atoms with Crippen LogP contribution in [0.3, 0.4) is 0 Å². The van der Waals surface area contributed by atoms with Gasteiger partial charge >= 0.3 is 0 Å². The normalized spacial score (nSPS) is 10.2. The molecule has 4 nitrogen and oxygen atoms in total. The molecular formula is C8H16N4. The molecule has 1 aromatic heterocycles. The van der Waals surface area contributed by atoms with Gasteiger partial charge in [-0.25, -0.2) is 0 Å². The van der Waals surface area contributed by atoms with Gasteiger partial charge in [0.05, 0.1) is 11.9 Å². The fourth-order valence-electron chi connectivity index (χ4n) is 1.01. The number of nitrogens with zero attached hydrogens (tertiary/aromatic N) is 2. The second kappa shape index (κ2) is 4.77. The van der Waals surface area contributed by atoms with Crippen LogP contribution in [-0.2, 0) is 7.05 Å². The molecule has 68 valence electrons. The van der Waals surface area contributed by atoms with Crippen molar-refractivity contribution in [3.8, 4) is 0 Å². The minimum Gasteiger partial charge on any atom is -0.383 e. The first-order valence-electron chi connectivity index (χ1n) is 4.25. The summed E-state index contributed by atoms with van der Waals surface area (Å²) in [6.07, 6.45) is 5.98. The Balaban J connectivity index is 2.15. The molecule has 3 N–H and O–H groups in total. The van der Waals surface area contributed by atoms with Gasteiger partial charge in [-0.3, -0.25) is 4.68 Å². The quantitative estimate of drug-likeness (QED) is 0.632. The fraction of sp³-hybridized carbons (Fsp3) is 0.625. The molecule has 0 saturated carbocycles. The average Bonchev–Trinajstić information content (AvgIpc) is 2.45. The van der Waals surface area contributed by atoms with E-state index in [0.29, 0.717) is 0 Å². The van der Waals surface area contributed by atoms with Gasteiger partial charge in [-0.1, -0.05) is 0 Å². The van der Waals surface area contributed by atoms with Crippen LogP contribution in [0.4, 0.5) is 5.69 Å². The number of nitrogens with one attached hydrogen (secondary N) is 1. The molecule has 4 heteroatoms. The van der Waals surface area contributed by atoms with Crippen molar-refractivity contribution in [2.75, 3.05) is 18.4 Å². The fourth-order valence-corrected chi connectivity index (χ4v) is 1.01. The van der Waals surface area contributed by atoms with E-state index >= 15 is 0 Å². The Morgan fingerprint density at radius 2 is 2.42 bits per heavy atom. The van der Waals surface area contributed by atoms with Gasteiger partial charge in [-0.2, -0.15) is 5.10 Å². The lowest BCUT2D eigenvalue weighted by Gasteiger charge is -2.00. The van der Waals surface area contributed by atoms with Gasteiger partial charge < -0.3 is 11.1 Å². The summed E-state index contributed by atoms with van der Waals surface area (Å²) < 4.78 is 1.78. The van der Waals surface area contributed by atoms with Gasteiger partial charge in [0, 0.05) is 19.8 Å². The molecular weight excluding hydrogens is 152 g/mol. The molecule has 0 radical (unpaired) electrons. The van der Waals surface area contributed by atoms with E-state index in [1.165, 1.54) is 0 Å². The third-order valence-electron chi connectivity index (χ3n) is 1.66. The van der Waals surface area contributed by atoms with Crippen molar-refractivity contribution in [3.05, 3.63) is 12.4 Å². The van der Waals surface area contributed by atoms with Crippen molar-refractivity contribution >= 4 is 5.69 Å². The largest absolute Gasteiger partial charge is 0.383 e. The van der Waals surface area contributed by atoms with Crippen molar-refractivity contribution in [2.24, 2.45) is 12.8 Å². The highest BCUT2D eigenvalue weighted by molar-refractivity contribution is 5.37. The summed E-state index contributed by atoms with van der Waals surface area (Å²) in [4.78, 5) is 0. The standard InChI is InChI=1S/C8H16N4/c1-12-7-8(6-11-12)10-5-3-2-4-9/h6-7,10H,2-5,9H2,1H3. The van der Waals surface area contributed by atoms with Crippen molar-refractivity contribution < 1.29 is 0 Å². The van der Waals surface area contributed by atoms with Crippen LogP contribution in [-0.4, -0.2) is 22.9 Å². The lowest BCUT2D eigenvalue weighted by Crippen LogP contribution is -2.05. The van der Waals surface area contributed by atoms with Gasteiger partial charge in [0.1, 0.15) is 0 Å². The Hall–Kier alpha value is -1.03. The zero-order valence-corrected chi connectivity index (χ0v) is 7.45. The van der Waals surface area contributed by atoms with E-state index in [2.05, 4.69) is 10.4 Å². The number of rotatable bonds is 5. The summed E-state index contributed by atoms with van der Waals surface area (Å²) >= 11 is 0. The Kier molecular flexibility index (Phi) is 3.60. The second-order valence-electron chi connectivity index (χ2n) is 2.83. The number of aryl methyl sites for hydroxylation is 1. The summed E-state index contributed by atoms with van der Waals surface area (Å²) in [6, 6.07) is 0. The zero-order valence-electron chi connectivity index (χ0n) is 7.45. The van der Waals surface area contributed by atoms with Crippen LogP contribution in [0.5, 0.6) is 0 Å². The third-order valence-corrected chi connectivity index (χ3v) is 1.66. The molecule has 0 spiro atoms. The number of hydrogen-bond acceptors (Lipinski definition) is 3. The van der Waals surface area contributed by atoms with Gasteiger partial charge in [0.25, 0.3) is 0 Å². The van der Waals surface area contributed by atoms with E-state index in [1.54, 1.807) is 4.68 Å². The van der Waals surface area contributed by atoms with Gasteiger partial charge in [0.2, 0.25) is 0 Å². The molecule has 0 bridgehead atoms. The second-order valence-corrected chi connectivity index (χ2v) is 2.83. The molecule has 12 heavy (non-hydrogen) atoms. The molecule has 0 aliphatic rings. The summed E-state index contributed by atoms with van der Waals surface area (Å²) in [5.41, 5.74) is 6.45. The SMILES string of the molecule is Cn1cc(NCCCCN)cn1. The maximum Gasteiger partial charge on any atom is 0.0726 e. The topological polar surface area (TPSA) is 55.9 Å². The van der Waals surface area contributed by atoms with Crippen LogP contribution in [0.1, 0.15) is 12.8 Å². The number of anilines is 1. The van der Waals surface area contributed by atoms with Crippen molar-refractivity contribution in [3.63, 3.8) is 0 Å². The van der Waals surface area contributed by atoms with Gasteiger partial charge in [-0.05, 0) is 19.4 Å². The Bertz CT molecular complexity index is 219. The monoisotopic (exact) mass is 168 g/mol. The number of unbranched alkanes of at least 4 members (excludes halogenated alkanes) is 1. The third kappa shape index (κ3) is 2.92. The van der Waals surface area contributed by atoms with Crippen LogP contribution < -0.4 is 11.1 Å². The van der Waals surface area contributed by atoms with Crippen LogP contribution in [0.2, 0.25) is 0 Å². The first-order chi connectivity index (χ1) is 5.83. The lowest BCUT2D eigenvalue weighted by molar-refractivity contribution is 0.766. The Labute approximate surface area is 72.8 Å². The van der Waals surface area contributed by atoms with E-state index in [4.69, 9.17) is 5.73 Å². The molecule has 0 aliphatic heterocycles. The molecule has 0 unspecified atom stereocenters.